The average molecular weight is 269 g/mol. The van der Waals surface area contributed by atoms with Crippen LogP contribution in [-0.2, 0) is 12.8 Å². The largest absolute Gasteiger partial charge is 0.341 e. The molecule has 20 heavy (non-hydrogen) atoms. The standard InChI is InChI=1S/C15H19N5/c1-10-3-2-6-20(9-10)15-16-7-11-4-5-13-12(8-17-19-13)14(11)18-15/h7-8,10H,2-6,9H2,1H3,(H,17,19). The molecular weight excluding hydrogens is 250 g/mol. The van der Waals surface area contributed by atoms with Gasteiger partial charge in [0.2, 0.25) is 5.95 Å². The number of hydrogen-bond acceptors (Lipinski definition) is 4. The number of aryl methyl sites for hydroxylation is 2. The Hall–Kier alpha value is -1.91. The summed E-state index contributed by atoms with van der Waals surface area (Å²) in [5, 5.41) is 7.24. The fraction of sp³-hybridized carbons (Fsp3) is 0.533. The van der Waals surface area contributed by atoms with Crippen LogP contribution in [-0.4, -0.2) is 33.3 Å². The topological polar surface area (TPSA) is 57.7 Å². The summed E-state index contributed by atoms with van der Waals surface area (Å²) in [6.07, 6.45) is 8.45. The van der Waals surface area contributed by atoms with Crippen molar-refractivity contribution < 1.29 is 0 Å². The van der Waals surface area contributed by atoms with Gasteiger partial charge in [0.15, 0.2) is 0 Å². The van der Waals surface area contributed by atoms with Crippen molar-refractivity contribution in [2.45, 2.75) is 32.6 Å². The van der Waals surface area contributed by atoms with Gasteiger partial charge < -0.3 is 4.90 Å². The molecule has 0 spiro atoms. The molecule has 1 saturated heterocycles. The molecule has 0 bridgehead atoms. The summed E-state index contributed by atoms with van der Waals surface area (Å²) in [6, 6.07) is 0. The lowest BCUT2D eigenvalue weighted by atomic mass is 9.95. The van der Waals surface area contributed by atoms with E-state index in [9.17, 15) is 0 Å². The Bertz CT molecular complexity index is 633. The molecule has 104 valence electrons. The van der Waals surface area contributed by atoms with Crippen LogP contribution in [0.15, 0.2) is 12.4 Å². The van der Waals surface area contributed by atoms with Gasteiger partial charge in [0.1, 0.15) is 0 Å². The highest BCUT2D eigenvalue weighted by atomic mass is 15.3. The molecule has 2 aromatic heterocycles. The van der Waals surface area contributed by atoms with Crippen molar-refractivity contribution in [2.24, 2.45) is 5.92 Å². The molecule has 1 N–H and O–H groups in total. The van der Waals surface area contributed by atoms with Crippen LogP contribution in [0.1, 0.15) is 31.0 Å². The lowest BCUT2D eigenvalue weighted by molar-refractivity contribution is 0.442. The zero-order valence-electron chi connectivity index (χ0n) is 11.8. The number of aromatic nitrogens is 4. The van der Waals surface area contributed by atoms with E-state index in [2.05, 4.69) is 27.0 Å². The molecule has 0 radical (unpaired) electrons. The lowest BCUT2D eigenvalue weighted by Crippen LogP contribution is -2.35. The molecule has 0 amide bonds. The molecule has 2 aromatic rings. The van der Waals surface area contributed by atoms with Gasteiger partial charge in [0, 0.05) is 30.5 Å². The number of piperidine rings is 1. The van der Waals surface area contributed by atoms with Crippen LogP contribution in [0.25, 0.3) is 11.3 Å². The van der Waals surface area contributed by atoms with E-state index in [1.807, 2.05) is 12.4 Å². The van der Waals surface area contributed by atoms with Gasteiger partial charge in [0.25, 0.3) is 0 Å². The minimum Gasteiger partial charge on any atom is -0.341 e. The number of rotatable bonds is 1. The number of nitrogens with one attached hydrogen (secondary N) is 1. The summed E-state index contributed by atoms with van der Waals surface area (Å²) in [4.78, 5) is 11.8. The van der Waals surface area contributed by atoms with E-state index >= 15 is 0 Å². The van der Waals surface area contributed by atoms with Crippen molar-refractivity contribution in [3.05, 3.63) is 23.7 Å². The molecule has 0 aromatic carbocycles. The summed E-state index contributed by atoms with van der Waals surface area (Å²) < 4.78 is 0. The van der Waals surface area contributed by atoms with Crippen LogP contribution in [0.4, 0.5) is 5.95 Å². The predicted molar refractivity (Wildman–Crippen MR) is 77.6 cm³/mol. The van der Waals surface area contributed by atoms with E-state index in [0.717, 1.165) is 49.1 Å². The Morgan fingerprint density at radius 2 is 2.25 bits per heavy atom. The summed E-state index contributed by atoms with van der Waals surface area (Å²) in [5.41, 5.74) is 4.67. The monoisotopic (exact) mass is 269 g/mol. The smallest absolute Gasteiger partial charge is 0.225 e. The van der Waals surface area contributed by atoms with Crippen LogP contribution in [0.2, 0.25) is 0 Å². The number of nitrogens with zero attached hydrogens (tertiary/aromatic N) is 4. The lowest BCUT2D eigenvalue weighted by Gasteiger charge is -2.31. The Kier molecular flexibility index (Phi) is 2.72. The maximum atomic E-state index is 4.84. The molecule has 1 fully saturated rings. The van der Waals surface area contributed by atoms with Crippen molar-refractivity contribution in [2.75, 3.05) is 18.0 Å². The first kappa shape index (κ1) is 11.9. The van der Waals surface area contributed by atoms with Gasteiger partial charge in [-0.3, -0.25) is 5.10 Å². The van der Waals surface area contributed by atoms with E-state index in [-0.39, 0.29) is 0 Å². The summed E-state index contributed by atoms with van der Waals surface area (Å²) in [6.45, 7) is 4.44. The van der Waals surface area contributed by atoms with E-state index in [4.69, 9.17) is 4.98 Å². The first-order chi connectivity index (χ1) is 9.81. The fourth-order valence-electron chi connectivity index (χ4n) is 3.30. The van der Waals surface area contributed by atoms with E-state index < -0.39 is 0 Å². The summed E-state index contributed by atoms with van der Waals surface area (Å²) >= 11 is 0. The third-order valence-corrected chi connectivity index (χ3v) is 4.41. The normalized spacial score (nSPS) is 21.4. The molecule has 1 aliphatic carbocycles. The van der Waals surface area contributed by atoms with Crippen LogP contribution in [0.3, 0.4) is 0 Å². The van der Waals surface area contributed by atoms with Gasteiger partial charge >= 0.3 is 0 Å². The van der Waals surface area contributed by atoms with Crippen molar-refractivity contribution >= 4 is 5.95 Å². The summed E-state index contributed by atoms with van der Waals surface area (Å²) in [7, 11) is 0. The van der Waals surface area contributed by atoms with Crippen molar-refractivity contribution in [3.8, 4) is 11.3 Å². The van der Waals surface area contributed by atoms with Gasteiger partial charge in [-0.2, -0.15) is 5.10 Å². The van der Waals surface area contributed by atoms with Gasteiger partial charge in [-0.1, -0.05) is 6.92 Å². The second kappa shape index (κ2) is 4.58. The van der Waals surface area contributed by atoms with Gasteiger partial charge in [-0.15, -0.1) is 0 Å². The third-order valence-electron chi connectivity index (χ3n) is 4.41. The van der Waals surface area contributed by atoms with Gasteiger partial charge in [-0.05, 0) is 37.2 Å². The number of aromatic amines is 1. The molecule has 1 unspecified atom stereocenters. The Morgan fingerprint density at radius 1 is 1.30 bits per heavy atom. The van der Waals surface area contributed by atoms with Crippen LogP contribution in [0, 0.1) is 5.92 Å². The Labute approximate surface area is 118 Å². The quantitative estimate of drug-likeness (QED) is 0.862. The molecule has 1 aliphatic heterocycles. The molecule has 2 aliphatic rings. The van der Waals surface area contributed by atoms with Crippen molar-refractivity contribution in [1.82, 2.24) is 20.2 Å². The van der Waals surface area contributed by atoms with E-state index in [0.29, 0.717) is 0 Å². The molecule has 3 heterocycles. The minimum atomic E-state index is 0.730. The molecule has 4 rings (SSSR count). The maximum Gasteiger partial charge on any atom is 0.225 e. The van der Waals surface area contributed by atoms with Gasteiger partial charge in [0.05, 0.1) is 11.9 Å². The predicted octanol–water partition coefficient (Wildman–Crippen LogP) is 2.20. The second-order valence-electron chi connectivity index (χ2n) is 6.00. The van der Waals surface area contributed by atoms with Crippen molar-refractivity contribution in [3.63, 3.8) is 0 Å². The Balaban J connectivity index is 1.72. The van der Waals surface area contributed by atoms with Crippen molar-refractivity contribution in [1.29, 1.82) is 0 Å². The average Bonchev–Trinajstić information content (AvgIpc) is 2.95. The van der Waals surface area contributed by atoms with Crippen LogP contribution < -0.4 is 4.90 Å². The van der Waals surface area contributed by atoms with E-state index in [1.165, 1.54) is 24.1 Å². The molecular formula is C15H19N5. The minimum absolute atomic E-state index is 0.730. The first-order valence-electron chi connectivity index (χ1n) is 7.45. The second-order valence-corrected chi connectivity index (χ2v) is 6.00. The highest BCUT2D eigenvalue weighted by molar-refractivity contribution is 5.68. The van der Waals surface area contributed by atoms with Crippen LogP contribution in [0.5, 0.6) is 0 Å². The number of hydrogen-bond donors (Lipinski definition) is 1. The number of H-pyrrole nitrogens is 1. The first-order valence-corrected chi connectivity index (χ1v) is 7.45. The third kappa shape index (κ3) is 1.88. The SMILES string of the molecule is CC1CCCN(c2ncc3c(n2)-c2cn[nH]c2CC3)C1. The highest BCUT2D eigenvalue weighted by Gasteiger charge is 2.23. The highest BCUT2D eigenvalue weighted by Crippen LogP contribution is 2.31. The number of fused-ring (bicyclic) bond motifs is 3. The number of anilines is 1. The van der Waals surface area contributed by atoms with Gasteiger partial charge in [-0.25, -0.2) is 9.97 Å². The molecule has 1 atom stereocenters. The molecule has 5 heteroatoms. The maximum absolute atomic E-state index is 4.84. The zero-order valence-corrected chi connectivity index (χ0v) is 11.8. The van der Waals surface area contributed by atoms with E-state index in [1.54, 1.807) is 0 Å². The fourth-order valence-corrected chi connectivity index (χ4v) is 3.30. The Morgan fingerprint density at radius 3 is 3.15 bits per heavy atom. The molecule has 0 saturated carbocycles. The zero-order chi connectivity index (χ0) is 13.5. The molecule has 5 nitrogen and oxygen atoms in total. The summed E-state index contributed by atoms with van der Waals surface area (Å²) in [5.74, 6) is 1.61. The van der Waals surface area contributed by atoms with Crippen LogP contribution >= 0.6 is 0 Å².